The number of carbonyl (C=O) groups is 3. The van der Waals surface area contributed by atoms with Gasteiger partial charge in [-0.15, -0.1) is 11.3 Å². The van der Waals surface area contributed by atoms with Gasteiger partial charge in [-0.25, -0.2) is 4.98 Å². The first-order valence-corrected chi connectivity index (χ1v) is 9.36. The van der Waals surface area contributed by atoms with Crippen molar-refractivity contribution in [2.45, 2.75) is 12.8 Å². The Kier molecular flexibility index (Phi) is 6.33. The molecule has 1 heterocycles. The molecule has 7 nitrogen and oxygen atoms in total. The maximum Gasteiger partial charge on any atom is 0.311 e. The number of fused-ring (bicyclic) bond motifs is 1. The summed E-state index contributed by atoms with van der Waals surface area (Å²) < 4.78 is 9.64. The maximum absolute atomic E-state index is 12.1. The number of esters is 2. The first-order valence-electron chi connectivity index (χ1n) is 8.48. The molecule has 0 bridgehead atoms. The molecule has 1 aromatic heterocycles. The molecule has 0 saturated heterocycles. The third-order valence-electron chi connectivity index (χ3n) is 3.93. The number of hydrogen-bond donors (Lipinski definition) is 1. The van der Waals surface area contributed by atoms with Crippen LogP contribution in [0.25, 0.3) is 10.8 Å². The zero-order chi connectivity index (χ0) is 19.9. The van der Waals surface area contributed by atoms with E-state index in [4.69, 9.17) is 4.74 Å². The van der Waals surface area contributed by atoms with E-state index in [2.05, 4.69) is 15.0 Å². The number of carbonyl (C=O) groups excluding carboxylic acids is 3. The number of thiazole rings is 1. The molecular weight excluding hydrogens is 380 g/mol. The molecule has 3 aromatic rings. The molecule has 1 N–H and O–H groups in total. The fourth-order valence-corrected chi connectivity index (χ4v) is 3.35. The van der Waals surface area contributed by atoms with Crippen molar-refractivity contribution in [3.63, 3.8) is 0 Å². The van der Waals surface area contributed by atoms with Gasteiger partial charge in [0.25, 0.3) is 5.91 Å². The minimum absolute atomic E-state index is 0.0306. The Balaban J connectivity index is 1.50. The standard InChI is InChI=1S/C20H18N2O5S/c1-26-18(24)10-15-12-28-20(21-15)22-17(23)11-27-19(25)9-14-7-4-6-13-5-2-3-8-16(13)14/h2-8,12H,9-11H2,1H3,(H,21,22,23). The molecule has 2 aromatic carbocycles. The molecule has 1 amide bonds. The van der Waals surface area contributed by atoms with Crippen LogP contribution in [0.4, 0.5) is 5.13 Å². The smallest absolute Gasteiger partial charge is 0.311 e. The van der Waals surface area contributed by atoms with Gasteiger partial charge >= 0.3 is 11.9 Å². The predicted octanol–water partition coefficient (Wildman–Crippen LogP) is 2.74. The topological polar surface area (TPSA) is 94.6 Å². The van der Waals surface area contributed by atoms with Gasteiger partial charge < -0.3 is 9.47 Å². The molecule has 0 fully saturated rings. The Morgan fingerprint density at radius 3 is 2.64 bits per heavy atom. The second-order valence-corrected chi connectivity index (χ2v) is 6.78. The Morgan fingerprint density at radius 2 is 1.82 bits per heavy atom. The van der Waals surface area contributed by atoms with Crippen LogP contribution in [-0.2, 0) is 36.7 Å². The van der Waals surface area contributed by atoms with E-state index in [0.29, 0.717) is 10.8 Å². The van der Waals surface area contributed by atoms with Crippen LogP contribution < -0.4 is 5.32 Å². The van der Waals surface area contributed by atoms with Gasteiger partial charge in [-0.1, -0.05) is 42.5 Å². The Labute approximate surface area is 165 Å². The molecular formula is C20H18N2O5S. The molecule has 0 atom stereocenters. The zero-order valence-electron chi connectivity index (χ0n) is 15.1. The van der Waals surface area contributed by atoms with Gasteiger partial charge in [0.15, 0.2) is 11.7 Å². The number of hydrogen-bond acceptors (Lipinski definition) is 7. The second kappa shape index (κ2) is 9.09. The van der Waals surface area contributed by atoms with Gasteiger partial charge in [-0.05, 0) is 16.3 Å². The van der Waals surface area contributed by atoms with Crippen LogP contribution in [0.3, 0.4) is 0 Å². The fourth-order valence-electron chi connectivity index (χ4n) is 2.62. The van der Waals surface area contributed by atoms with E-state index in [1.807, 2.05) is 42.5 Å². The number of ether oxygens (including phenoxy) is 2. The average Bonchev–Trinajstić information content (AvgIpc) is 3.13. The van der Waals surface area contributed by atoms with Crippen molar-refractivity contribution >= 4 is 45.1 Å². The van der Waals surface area contributed by atoms with E-state index in [0.717, 1.165) is 16.3 Å². The number of aromatic nitrogens is 1. The van der Waals surface area contributed by atoms with Crippen molar-refractivity contribution in [3.05, 3.63) is 59.1 Å². The number of rotatable bonds is 7. The zero-order valence-corrected chi connectivity index (χ0v) is 16.0. The fraction of sp³-hybridized carbons (Fsp3) is 0.200. The minimum Gasteiger partial charge on any atom is -0.469 e. The molecule has 3 rings (SSSR count). The summed E-state index contributed by atoms with van der Waals surface area (Å²) >= 11 is 1.18. The van der Waals surface area contributed by atoms with E-state index in [1.54, 1.807) is 5.38 Å². The second-order valence-electron chi connectivity index (χ2n) is 5.92. The van der Waals surface area contributed by atoms with Crippen LogP contribution in [0.1, 0.15) is 11.3 Å². The molecule has 0 aliphatic carbocycles. The highest BCUT2D eigenvalue weighted by Gasteiger charge is 2.13. The summed E-state index contributed by atoms with van der Waals surface area (Å²) in [5.74, 6) is -1.40. The normalized spacial score (nSPS) is 10.5. The third kappa shape index (κ3) is 5.14. The minimum atomic E-state index is -0.495. The van der Waals surface area contributed by atoms with Crippen LogP contribution >= 0.6 is 11.3 Å². The van der Waals surface area contributed by atoms with E-state index in [-0.39, 0.29) is 12.8 Å². The summed E-state index contributed by atoms with van der Waals surface area (Å²) in [6.07, 6.45) is 0.109. The van der Waals surface area contributed by atoms with Crippen molar-refractivity contribution in [2.75, 3.05) is 19.0 Å². The lowest BCUT2D eigenvalue weighted by atomic mass is 10.0. The highest BCUT2D eigenvalue weighted by Crippen LogP contribution is 2.19. The first-order chi connectivity index (χ1) is 13.5. The SMILES string of the molecule is COC(=O)Cc1csc(NC(=O)COC(=O)Cc2cccc3ccccc23)n1. The summed E-state index contributed by atoms with van der Waals surface area (Å²) in [5.41, 5.74) is 1.34. The van der Waals surface area contributed by atoms with Crippen molar-refractivity contribution < 1.29 is 23.9 Å². The van der Waals surface area contributed by atoms with Gasteiger partial charge in [0.05, 0.1) is 25.6 Å². The molecule has 0 spiro atoms. The van der Waals surface area contributed by atoms with E-state index < -0.39 is 24.5 Å². The summed E-state index contributed by atoms with van der Waals surface area (Å²) in [6, 6.07) is 13.5. The van der Waals surface area contributed by atoms with Gasteiger partial charge in [-0.3, -0.25) is 19.7 Å². The lowest BCUT2D eigenvalue weighted by molar-refractivity contribution is -0.146. The van der Waals surface area contributed by atoms with Crippen molar-refractivity contribution in [3.8, 4) is 0 Å². The molecule has 0 saturated carbocycles. The van der Waals surface area contributed by atoms with Gasteiger partial charge in [-0.2, -0.15) is 0 Å². The van der Waals surface area contributed by atoms with Crippen molar-refractivity contribution in [2.24, 2.45) is 0 Å². The highest BCUT2D eigenvalue weighted by molar-refractivity contribution is 7.13. The number of nitrogens with one attached hydrogen (secondary N) is 1. The number of nitrogens with zero attached hydrogens (tertiary/aromatic N) is 1. The summed E-state index contributed by atoms with van der Waals surface area (Å²) in [5, 5.41) is 6.54. The lowest BCUT2D eigenvalue weighted by Crippen LogP contribution is -2.21. The molecule has 0 unspecified atom stereocenters. The van der Waals surface area contributed by atoms with Crippen LogP contribution in [0.15, 0.2) is 47.8 Å². The number of benzene rings is 2. The van der Waals surface area contributed by atoms with Crippen LogP contribution in [0.5, 0.6) is 0 Å². The molecule has 28 heavy (non-hydrogen) atoms. The molecule has 144 valence electrons. The summed E-state index contributed by atoms with van der Waals surface area (Å²) in [7, 11) is 1.30. The Hall–Kier alpha value is -3.26. The Morgan fingerprint density at radius 1 is 1.04 bits per heavy atom. The molecule has 0 aliphatic rings. The van der Waals surface area contributed by atoms with Crippen molar-refractivity contribution in [1.29, 1.82) is 0 Å². The van der Waals surface area contributed by atoms with Crippen molar-refractivity contribution in [1.82, 2.24) is 4.98 Å². The summed E-state index contributed by atoms with van der Waals surface area (Å²) in [6.45, 7) is -0.407. The van der Waals surface area contributed by atoms with Gasteiger partial charge in [0, 0.05) is 5.38 Å². The summed E-state index contributed by atoms with van der Waals surface area (Å²) in [4.78, 5) is 39.4. The Bertz CT molecular complexity index is 1010. The number of amides is 1. The quantitative estimate of drug-likeness (QED) is 0.615. The third-order valence-corrected chi connectivity index (χ3v) is 4.74. The predicted molar refractivity (Wildman–Crippen MR) is 105 cm³/mol. The highest BCUT2D eigenvalue weighted by atomic mass is 32.1. The van der Waals surface area contributed by atoms with Crippen LogP contribution in [0, 0.1) is 0 Å². The maximum atomic E-state index is 12.1. The lowest BCUT2D eigenvalue weighted by Gasteiger charge is -2.07. The first kappa shape index (κ1) is 19.5. The van der Waals surface area contributed by atoms with E-state index >= 15 is 0 Å². The van der Waals surface area contributed by atoms with E-state index in [1.165, 1.54) is 18.4 Å². The molecule has 8 heteroatoms. The van der Waals surface area contributed by atoms with E-state index in [9.17, 15) is 14.4 Å². The van der Waals surface area contributed by atoms with Gasteiger partial charge in [0.2, 0.25) is 0 Å². The van der Waals surface area contributed by atoms with Gasteiger partial charge in [0.1, 0.15) is 0 Å². The average molecular weight is 398 g/mol. The molecule has 0 radical (unpaired) electrons. The van der Waals surface area contributed by atoms with Crippen LogP contribution in [-0.4, -0.2) is 36.5 Å². The number of methoxy groups -OCH3 is 1. The largest absolute Gasteiger partial charge is 0.469 e. The van der Waals surface area contributed by atoms with Crippen LogP contribution in [0.2, 0.25) is 0 Å². The molecule has 0 aliphatic heterocycles. The monoisotopic (exact) mass is 398 g/mol. The number of anilines is 1.